The number of ether oxygens (including phenoxy) is 1. The molecule has 0 fully saturated rings. The van der Waals surface area contributed by atoms with Gasteiger partial charge in [0.05, 0.1) is 29.1 Å². The van der Waals surface area contributed by atoms with E-state index in [0.717, 1.165) is 0 Å². The first-order valence-corrected chi connectivity index (χ1v) is 10.8. The van der Waals surface area contributed by atoms with Crippen molar-refractivity contribution in [1.82, 2.24) is 4.57 Å². The minimum Gasteiger partial charge on any atom is -0.496 e. The van der Waals surface area contributed by atoms with E-state index in [-0.39, 0.29) is 11.3 Å². The monoisotopic (exact) mass is 433 g/mol. The molecule has 9 heteroatoms. The van der Waals surface area contributed by atoms with E-state index in [4.69, 9.17) is 16.3 Å². The standard InChI is InChI=1S/C20H20ClN3O4S/c1-3-29(26,27)23-15-8-6-14(7-9-15)22-20(25)16-12-17(21)18(13-19(16)28-2)24-10-4-5-11-24/h4-13,23H,3H2,1-2H3,(H,22,25). The van der Waals surface area contributed by atoms with Crippen LogP contribution in [-0.4, -0.2) is 31.8 Å². The van der Waals surface area contributed by atoms with Crippen molar-refractivity contribution in [2.24, 2.45) is 0 Å². The lowest BCUT2D eigenvalue weighted by Crippen LogP contribution is -2.15. The zero-order valence-electron chi connectivity index (χ0n) is 15.8. The number of carbonyl (C=O) groups is 1. The highest BCUT2D eigenvalue weighted by molar-refractivity contribution is 7.92. The molecule has 0 aliphatic heterocycles. The fourth-order valence-electron chi connectivity index (χ4n) is 2.65. The van der Waals surface area contributed by atoms with Gasteiger partial charge in [0.2, 0.25) is 10.0 Å². The van der Waals surface area contributed by atoms with E-state index >= 15 is 0 Å². The SMILES string of the molecule is CCS(=O)(=O)Nc1ccc(NC(=O)c2cc(Cl)c(-n3cccc3)cc2OC)cc1. The van der Waals surface area contributed by atoms with Crippen LogP contribution in [0.1, 0.15) is 17.3 Å². The highest BCUT2D eigenvalue weighted by Gasteiger charge is 2.17. The first-order chi connectivity index (χ1) is 13.8. The molecular formula is C20H20ClN3O4S. The summed E-state index contributed by atoms with van der Waals surface area (Å²) in [6, 6.07) is 13.3. The topological polar surface area (TPSA) is 89.4 Å². The van der Waals surface area contributed by atoms with Crippen LogP contribution in [0, 0.1) is 0 Å². The predicted octanol–water partition coefficient (Wildman–Crippen LogP) is 4.15. The quantitative estimate of drug-likeness (QED) is 0.585. The average molecular weight is 434 g/mol. The van der Waals surface area contributed by atoms with Gasteiger partial charge in [-0.3, -0.25) is 9.52 Å². The molecule has 0 spiro atoms. The molecule has 0 aliphatic rings. The summed E-state index contributed by atoms with van der Waals surface area (Å²) in [5.74, 6) is -0.0435. The normalized spacial score (nSPS) is 11.1. The molecule has 1 heterocycles. The molecule has 1 aromatic heterocycles. The maximum absolute atomic E-state index is 12.7. The molecule has 3 rings (SSSR count). The maximum atomic E-state index is 12.7. The van der Waals surface area contributed by atoms with E-state index in [9.17, 15) is 13.2 Å². The Labute approximate surface area is 174 Å². The van der Waals surface area contributed by atoms with Gasteiger partial charge in [-0.15, -0.1) is 0 Å². The van der Waals surface area contributed by atoms with Crippen molar-refractivity contribution >= 4 is 38.9 Å². The lowest BCUT2D eigenvalue weighted by molar-refractivity contribution is 0.102. The molecule has 0 saturated carbocycles. The van der Waals surface area contributed by atoms with E-state index in [1.165, 1.54) is 7.11 Å². The summed E-state index contributed by atoms with van der Waals surface area (Å²) in [6.45, 7) is 1.55. The number of benzene rings is 2. The van der Waals surface area contributed by atoms with Crippen LogP contribution in [0.25, 0.3) is 5.69 Å². The molecule has 1 amide bonds. The lowest BCUT2D eigenvalue weighted by atomic mass is 10.1. The molecule has 152 valence electrons. The largest absolute Gasteiger partial charge is 0.496 e. The maximum Gasteiger partial charge on any atom is 0.259 e. The zero-order valence-corrected chi connectivity index (χ0v) is 17.4. The first kappa shape index (κ1) is 20.8. The summed E-state index contributed by atoms with van der Waals surface area (Å²) in [7, 11) is -1.88. The van der Waals surface area contributed by atoms with E-state index in [0.29, 0.717) is 27.8 Å². The number of rotatable bonds is 7. The number of methoxy groups -OCH3 is 1. The van der Waals surface area contributed by atoms with Gasteiger partial charge in [0.25, 0.3) is 5.91 Å². The third-order valence-corrected chi connectivity index (χ3v) is 5.80. The number of amides is 1. The Morgan fingerprint density at radius 3 is 2.31 bits per heavy atom. The van der Waals surface area contributed by atoms with Crippen molar-refractivity contribution in [3.8, 4) is 11.4 Å². The Kier molecular flexibility index (Phi) is 6.14. The van der Waals surface area contributed by atoms with Gasteiger partial charge in [0.1, 0.15) is 5.75 Å². The highest BCUT2D eigenvalue weighted by Crippen LogP contribution is 2.30. The number of hydrogen-bond acceptors (Lipinski definition) is 4. The zero-order chi connectivity index (χ0) is 21.0. The van der Waals surface area contributed by atoms with Crippen molar-refractivity contribution < 1.29 is 17.9 Å². The van der Waals surface area contributed by atoms with Crippen LogP contribution in [0.5, 0.6) is 5.75 Å². The molecule has 2 N–H and O–H groups in total. The van der Waals surface area contributed by atoms with Gasteiger partial charge in [0, 0.05) is 29.8 Å². The van der Waals surface area contributed by atoms with E-state index < -0.39 is 15.9 Å². The number of carbonyl (C=O) groups excluding carboxylic acids is 1. The van der Waals surface area contributed by atoms with E-state index in [1.54, 1.807) is 43.3 Å². The Hall–Kier alpha value is -2.97. The molecule has 0 unspecified atom stereocenters. The lowest BCUT2D eigenvalue weighted by Gasteiger charge is -2.14. The summed E-state index contributed by atoms with van der Waals surface area (Å²) in [6.07, 6.45) is 3.68. The van der Waals surface area contributed by atoms with Gasteiger partial charge in [-0.2, -0.15) is 0 Å². The Balaban J connectivity index is 1.81. The number of sulfonamides is 1. The number of hydrogen-bond donors (Lipinski definition) is 2. The molecule has 2 aromatic carbocycles. The minimum atomic E-state index is -3.36. The number of aromatic nitrogens is 1. The molecule has 0 atom stereocenters. The number of nitrogens with one attached hydrogen (secondary N) is 2. The second-order valence-corrected chi connectivity index (χ2v) is 8.55. The second kappa shape index (κ2) is 8.59. The Bertz CT molecular complexity index is 1110. The van der Waals surface area contributed by atoms with Gasteiger partial charge in [-0.25, -0.2) is 8.42 Å². The van der Waals surface area contributed by atoms with Crippen molar-refractivity contribution in [3.63, 3.8) is 0 Å². The Morgan fingerprint density at radius 1 is 1.10 bits per heavy atom. The first-order valence-electron chi connectivity index (χ1n) is 8.75. The molecule has 3 aromatic rings. The van der Waals surface area contributed by atoms with Crippen LogP contribution >= 0.6 is 11.6 Å². The van der Waals surface area contributed by atoms with E-state index in [1.807, 2.05) is 29.1 Å². The van der Waals surface area contributed by atoms with Crippen LogP contribution in [0.2, 0.25) is 5.02 Å². The van der Waals surface area contributed by atoms with Crippen LogP contribution < -0.4 is 14.8 Å². The minimum absolute atomic E-state index is 0.0228. The molecule has 0 aliphatic carbocycles. The van der Waals surface area contributed by atoms with Gasteiger partial charge >= 0.3 is 0 Å². The van der Waals surface area contributed by atoms with Gasteiger partial charge in [-0.1, -0.05) is 11.6 Å². The molecule has 0 bridgehead atoms. The smallest absolute Gasteiger partial charge is 0.259 e. The fraction of sp³-hybridized carbons (Fsp3) is 0.150. The summed E-state index contributed by atoms with van der Waals surface area (Å²) >= 11 is 6.37. The second-order valence-electron chi connectivity index (χ2n) is 6.13. The fourth-order valence-corrected chi connectivity index (χ4v) is 3.55. The third kappa shape index (κ3) is 4.90. The van der Waals surface area contributed by atoms with Crippen molar-refractivity contribution in [3.05, 3.63) is 71.5 Å². The molecule has 29 heavy (non-hydrogen) atoms. The third-order valence-electron chi connectivity index (χ3n) is 4.19. The van der Waals surface area contributed by atoms with Gasteiger partial charge < -0.3 is 14.6 Å². The van der Waals surface area contributed by atoms with Crippen LogP contribution in [0.4, 0.5) is 11.4 Å². The molecule has 7 nitrogen and oxygen atoms in total. The summed E-state index contributed by atoms with van der Waals surface area (Å²) < 4.78 is 32.9. The predicted molar refractivity (Wildman–Crippen MR) is 115 cm³/mol. The van der Waals surface area contributed by atoms with Crippen LogP contribution in [-0.2, 0) is 10.0 Å². The van der Waals surface area contributed by atoms with Crippen LogP contribution in [0.15, 0.2) is 60.9 Å². The van der Waals surface area contributed by atoms with E-state index in [2.05, 4.69) is 10.0 Å². The molecule has 0 saturated heterocycles. The number of nitrogens with zero attached hydrogens (tertiary/aromatic N) is 1. The average Bonchev–Trinajstić information content (AvgIpc) is 3.23. The van der Waals surface area contributed by atoms with Gasteiger partial charge in [0.15, 0.2) is 0 Å². The number of anilines is 2. The Morgan fingerprint density at radius 2 is 1.72 bits per heavy atom. The van der Waals surface area contributed by atoms with Crippen LogP contribution in [0.3, 0.4) is 0 Å². The summed E-state index contributed by atoms with van der Waals surface area (Å²) in [4.78, 5) is 12.7. The van der Waals surface area contributed by atoms with Crippen molar-refractivity contribution in [1.29, 1.82) is 0 Å². The number of halogens is 1. The molecular weight excluding hydrogens is 414 g/mol. The summed E-state index contributed by atoms with van der Waals surface area (Å²) in [5.41, 5.74) is 1.89. The molecule has 0 radical (unpaired) electrons. The van der Waals surface area contributed by atoms with Gasteiger partial charge in [-0.05, 0) is 49.4 Å². The van der Waals surface area contributed by atoms with Crippen molar-refractivity contribution in [2.75, 3.05) is 22.9 Å². The van der Waals surface area contributed by atoms with Crippen molar-refractivity contribution in [2.45, 2.75) is 6.92 Å². The summed E-state index contributed by atoms with van der Waals surface area (Å²) in [5, 5.41) is 3.16. The highest BCUT2D eigenvalue weighted by atomic mass is 35.5.